The highest BCUT2D eigenvalue weighted by atomic mass is 15.2. The number of fused-ring (bicyclic) bond motifs is 3. The quantitative estimate of drug-likeness (QED) is 0.154. The molecule has 4 nitrogen and oxygen atoms in total. The van der Waals surface area contributed by atoms with Crippen LogP contribution in [-0.4, -0.2) is 16.2 Å². The molecule has 0 saturated heterocycles. The molecule has 0 bridgehead atoms. The standard InChI is InChI=1S/C39H38N4/c1-25(2)30-17-12-18-31(26(3)4)37(30)43(39(41)32-14-7-6-13-27(32)5)38(40)28-21-23-29(24-22-28)42-35-19-10-8-15-33(35)34-16-9-11-20-36(34)42/h6-26,40-41H,1-5H3. The molecule has 6 rings (SSSR count). The minimum atomic E-state index is 0.228. The Labute approximate surface area is 254 Å². The van der Waals surface area contributed by atoms with Gasteiger partial charge in [0.05, 0.1) is 16.7 Å². The number of amidine groups is 2. The second-order valence-corrected chi connectivity index (χ2v) is 11.9. The minimum Gasteiger partial charge on any atom is -0.309 e. The van der Waals surface area contributed by atoms with E-state index in [-0.39, 0.29) is 17.7 Å². The monoisotopic (exact) mass is 562 g/mol. The van der Waals surface area contributed by atoms with E-state index < -0.39 is 0 Å². The molecular weight excluding hydrogens is 524 g/mol. The predicted molar refractivity (Wildman–Crippen MR) is 183 cm³/mol. The molecule has 43 heavy (non-hydrogen) atoms. The second kappa shape index (κ2) is 11.4. The summed E-state index contributed by atoms with van der Waals surface area (Å²) in [4.78, 5) is 1.86. The molecule has 4 heteroatoms. The lowest BCUT2D eigenvalue weighted by Crippen LogP contribution is -2.39. The first-order chi connectivity index (χ1) is 20.8. The van der Waals surface area contributed by atoms with Gasteiger partial charge in [-0.25, -0.2) is 0 Å². The van der Waals surface area contributed by atoms with Crippen molar-refractivity contribution in [2.45, 2.75) is 46.5 Å². The number of nitrogens with one attached hydrogen (secondary N) is 2. The van der Waals surface area contributed by atoms with E-state index in [9.17, 15) is 10.8 Å². The molecule has 0 saturated carbocycles. The molecule has 0 fully saturated rings. The molecule has 214 valence electrons. The van der Waals surface area contributed by atoms with Crippen molar-refractivity contribution in [1.29, 1.82) is 10.8 Å². The predicted octanol–water partition coefficient (Wildman–Crippen LogP) is 10.2. The molecule has 5 aromatic carbocycles. The van der Waals surface area contributed by atoms with Crippen LogP contribution in [0.2, 0.25) is 0 Å². The summed E-state index contributed by atoms with van der Waals surface area (Å²) in [6, 6.07) is 39.6. The summed E-state index contributed by atoms with van der Waals surface area (Å²) in [5.74, 6) is 1.05. The zero-order chi connectivity index (χ0) is 30.2. The fourth-order valence-corrected chi connectivity index (χ4v) is 6.16. The van der Waals surface area contributed by atoms with Gasteiger partial charge in [-0.05, 0) is 71.8 Å². The maximum atomic E-state index is 9.64. The molecular formula is C39H38N4. The Balaban J connectivity index is 1.50. The van der Waals surface area contributed by atoms with Crippen LogP contribution in [0, 0.1) is 17.7 Å². The van der Waals surface area contributed by atoms with Crippen LogP contribution in [0.25, 0.3) is 27.5 Å². The highest BCUT2D eigenvalue weighted by Crippen LogP contribution is 2.38. The van der Waals surface area contributed by atoms with E-state index in [4.69, 9.17) is 0 Å². The van der Waals surface area contributed by atoms with Crippen LogP contribution in [0.5, 0.6) is 0 Å². The number of benzene rings is 5. The van der Waals surface area contributed by atoms with Crippen LogP contribution in [0.4, 0.5) is 5.69 Å². The first kappa shape index (κ1) is 28.2. The largest absolute Gasteiger partial charge is 0.309 e. The summed E-state index contributed by atoms with van der Waals surface area (Å²) in [6.07, 6.45) is 0. The minimum absolute atomic E-state index is 0.228. The van der Waals surface area contributed by atoms with Gasteiger partial charge in [-0.2, -0.15) is 0 Å². The molecule has 0 radical (unpaired) electrons. The lowest BCUT2D eigenvalue weighted by atomic mass is 9.91. The molecule has 1 aromatic heterocycles. The Bertz CT molecular complexity index is 1900. The third-order valence-electron chi connectivity index (χ3n) is 8.39. The number of para-hydroxylation sites is 3. The van der Waals surface area contributed by atoms with Gasteiger partial charge in [-0.1, -0.05) is 107 Å². The number of hydrogen-bond donors (Lipinski definition) is 2. The number of anilines is 1. The first-order valence-electron chi connectivity index (χ1n) is 15.0. The number of nitrogens with zero attached hydrogens (tertiary/aromatic N) is 2. The molecule has 2 N–H and O–H groups in total. The van der Waals surface area contributed by atoms with Crippen LogP contribution in [0.1, 0.15) is 67.3 Å². The lowest BCUT2D eigenvalue weighted by molar-refractivity contribution is 0.833. The third-order valence-corrected chi connectivity index (χ3v) is 8.39. The fourth-order valence-electron chi connectivity index (χ4n) is 6.16. The van der Waals surface area contributed by atoms with E-state index in [1.54, 1.807) is 0 Å². The average molecular weight is 563 g/mol. The zero-order valence-electron chi connectivity index (χ0n) is 25.5. The smallest absolute Gasteiger partial charge is 0.138 e. The number of hydrogen-bond acceptors (Lipinski definition) is 2. The van der Waals surface area contributed by atoms with Gasteiger partial charge in [0.25, 0.3) is 0 Å². The van der Waals surface area contributed by atoms with Gasteiger partial charge >= 0.3 is 0 Å². The van der Waals surface area contributed by atoms with E-state index >= 15 is 0 Å². The lowest BCUT2D eigenvalue weighted by Gasteiger charge is -2.32. The topological polar surface area (TPSA) is 55.9 Å². The number of aryl methyl sites for hydroxylation is 1. The average Bonchev–Trinajstić information content (AvgIpc) is 3.35. The summed E-state index contributed by atoms with van der Waals surface area (Å²) < 4.78 is 2.29. The molecule has 6 aromatic rings. The van der Waals surface area contributed by atoms with Crippen molar-refractivity contribution in [2.24, 2.45) is 0 Å². The molecule has 0 spiro atoms. The molecule has 0 atom stereocenters. The highest BCUT2D eigenvalue weighted by molar-refractivity contribution is 6.28. The van der Waals surface area contributed by atoms with Crippen molar-refractivity contribution in [2.75, 3.05) is 4.90 Å². The SMILES string of the molecule is Cc1ccccc1C(=N)N(C(=N)c1ccc(-n2c3ccccc3c3ccccc32)cc1)c1c(C(C)C)cccc1C(C)C. The van der Waals surface area contributed by atoms with Crippen LogP contribution >= 0.6 is 0 Å². The number of rotatable bonds is 6. The molecule has 1 heterocycles. The van der Waals surface area contributed by atoms with Crippen LogP contribution in [0.15, 0.2) is 115 Å². The van der Waals surface area contributed by atoms with Gasteiger partial charge in [0, 0.05) is 27.6 Å². The Morgan fingerprint density at radius 1 is 0.581 bits per heavy atom. The van der Waals surface area contributed by atoms with Crippen molar-refractivity contribution in [3.05, 3.63) is 143 Å². The van der Waals surface area contributed by atoms with E-state index in [1.165, 1.54) is 10.8 Å². The maximum absolute atomic E-state index is 9.64. The van der Waals surface area contributed by atoms with Gasteiger partial charge in [0.2, 0.25) is 0 Å². The summed E-state index contributed by atoms with van der Waals surface area (Å²) in [6.45, 7) is 10.8. The van der Waals surface area contributed by atoms with E-state index in [0.717, 1.165) is 50.2 Å². The Hall–Kier alpha value is -4.96. The summed E-state index contributed by atoms with van der Waals surface area (Å²) >= 11 is 0. The fraction of sp³-hybridized carbons (Fsp3) is 0.179. The Kier molecular flexibility index (Phi) is 7.45. The van der Waals surface area contributed by atoms with E-state index in [0.29, 0.717) is 5.84 Å². The van der Waals surface area contributed by atoms with Crippen molar-refractivity contribution in [3.8, 4) is 5.69 Å². The maximum Gasteiger partial charge on any atom is 0.138 e. The number of aromatic nitrogens is 1. The van der Waals surface area contributed by atoms with E-state index in [2.05, 4.69) is 111 Å². The Morgan fingerprint density at radius 3 is 1.63 bits per heavy atom. The summed E-state index contributed by atoms with van der Waals surface area (Å²) in [7, 11) is 0. The van der Waals surface area contributed by atoms with Gasteiger partial charge in [-0.15, -0.1) is 0 Å². The summed E-state index contributed by atoms with van der Waals surface area (Å²) in [5.41, 5.74) is 9.16. The Morgan fingerprint density at radius 2 is 1.09 bits per heavy atom. The third kappa shape index (κ3) is 4.93. The van der Waals surface area contributed by atoms with Crippen molar-refractivity contribution in [3.63, 3.8) is 0 Å². The van der Waals surface area contributed by atoms with Crippen molar-refractivity contribution in [1.82, 2.24) is 4.57 Å². The van der Waals surface area contributed by atoms with Gasteiger partial charge < -0.3 is 4.57 Å². The van der Waals surface area contributed by atoms with Gasteiger partial charge in [0.1, 0.15) is 11.7 Å². The molecule has 0 amide bonds. The van der Waals surface area contributed by atoms with Crippen LogP contribution in [0.3, 0.4) is 0 Å². The molecule has 0 aliphatic carbocycles. The van der Waals surface area contributed by atoms with Crippen LogP contribution < -0.4 is 4.90 Å². The molecule has 0 unspecified atom stereocenters. The molecule has 0 aliphatic heterocycles. The van der Waals surface area contributed by atoms with Gasteiger partial charge in [-0.3, -0.25) is 15.7 Å². The van der Waals surface area contributed by atoms with Gasteiger partial charge in [0.15, 0.2) is 0 Å². The summed E-state index contributed by atoms with van der Waals surface area (Å²) in [5, 5.41) is 21.6. The van der Waals surface area contributed by atoms with Crippen molar-refractivity contribution < 1.29 is 0 Å². The van der Waals surface area contributed by atoms with Crippen molar-refractivity contribution >= 4 is 39.2 Å². The molecule has 0 aliphatic rings. The van der Waals surface area contributed by atoms with E-state index in [1.807, 2.05) is 48.2 Å². The zero-order valence-corrected chi connectivity index (χ0v) is 25.5. The normalized spacial score (nSPS) is 11.5. The second-order valence-electron chi connectivity index (χ2n) is 11.9. The highest BCUT2D eigenvalue weighted by Gasteiger charge is 2.28. The first-order valence-corrected chi connectivity index (χ1v) is 15.0. The van der Waals surface area contributed by atoms with Crippen LogP contribution in [-0.2, 0) is 0 Å².